The zero-order chi connectivity index (χ0) is 21.4. The first-order valence-corrected chi connectivity index (χ1v) is 9.65. The molecule has 2 N–H and O–H groups in total. The summed E-state index contributed by atoms with van der Waals surface area (Å²) in [5, 5.41) is 25.9. The molecular formula is C22H21F2N3O3. The average Bonchev–Trinajstić information content (AvgIpc) is 2.72. The fraction of sp³-hybridized carbons (Fsp3) is 0.273. The van der Waals surface area contributed by atoms with Crippen LogP contribution in [0.15, 0.2) is 65.1 Å². The van der Waals surface area contributed by atoms with Crippen molar-refractivity contribution in [2.24, 2.45) is 5.10 Å². The van der Waals surface area contributed by atoms with Crippen molar-refractivity contribution in [1.82, 2.24) is 9.91 Å². The lowest BCUT2D eigenvalue weighted by molar-refractivity contribution is -0.134. The lowest BCUT2D eigenvalue weighted by Gasteiger charge is -2.45. The lowest BCUT2D eigenvalue weighted by Crippen LogP contribution is -2.56. The summed E-state index contributed by atoms with van der Waals surface area (Å²) >= 11 is 0. The minimum atomic E-state index is -1.39. The number of aliphatic hydroxyl groups is 2. The summed E-state index contributed by atoms with van der Waals surface area (Å²) in [6.45, 7) is 2.38. The van der Waals surface area contributed by atoms with Gasteiger partial charge in [0.2, 0.25) is 0 Å². The molecule has 1 saturated heterocycles. The van der Waals surface area contributed by atoms with Gasteiger partial charge in [0.05, 0.1) is 12.3 Å². The molecule has 156 valence electrons. The van der Waals surface area contributed by atoms with Crippen LogP contribution in [-0.2, 0) is 4.79 Å². The largest absolute Gasteiger partial charge is 0.507 e. The Bertz CT molecular complexity index is 994. The summed E-state index contributed by atoms with van der Waals surface area (Å²) in [6, 6.07) is 11.4. The molecule has 8 heteroatoms. The van der Waals surface area contributed by atoms with Crippen molar-refractivity contribution in [3.8, 4) is 0 Å². The third kappa shape index (κ3) is 3.43. The Morgan fingerprint density at radius 1 is 1.13 bits per heavy atom. The second-order valence-corrected chi connectivity index (χ2v) is 7.29. The van der Waals surface area contributed by atoms with Gasteiger partial charge in [-0.15, -0.1) is 0 Å². The van der Waals surface area contributed by atoms with E-state index < -0.39 is 41.4 Å². The van der Waals surface area contributed by atoms with Crippen LogP contribution in [0.4, 0.5) is 8.78 Å². The summed E-state index contributed by atoms with van der Waals surface area (Å²) in [5.41, 5.74) is 1.04. The maximum Gasteiger partial charge on any atom is 0.275 e. The van der Waals surface area contributed by atoms with Gasteiger partial charge in [-0.3, -0.25) is 9.80 Å². The highest BCUT2D eigenvalue weighted by atomic mass is 19.1. The van der Waals surface area contributed by atoms with Crippen LogP contribution in [0.5, 0.6) is 0 Å². The van der Waals surface area contributed by atoms with Gasteiger partial charge in [-0.1, -0.05) is 24.3 Å². The lowest BCUT2D eigenvalue weighted by atomic mass is 9.83. The van der Waals surface area contributed by atoms with Crippen LogP contribution in [0.2, 0.25) is 0 Å². The second kappa shape index (κ2) is 7.87. The van der Waals surface area contributed by atoms with E-state index in [1.54, 1.807) is 31.2 Å². The number of amides is 1. The number of hydrogen-bond acceptors (Lipinski definition) is 5. The Morgan fingerprint density at radius 2 is 1.73 bits per heavy atom. The highest BCUT2D eigenvalue weighted by Crippen LogP contribution is 2.38. The summed E-state index contributed by atoms with van der Waals surface area (Å²) in [6.07, 6.45) is -0.256. The van der Waals surface area contributed by atoms with E-state index in [4.69, 9.17) is 0 Å². The molecule has 0 saturated carbocycles. The Balaban J connectivity index is 1.89. The normalized spacial score (nSPS) is 21.4. The fourth-order valence-corrected chi connectivity index (χ4v) is 4.07. The van der Waals surface area contributed by atoms with Crippen LogP contribution < -0.4 is 0 Å². The summed E-state index contributed by atoms with van der Waals surface area (Å²) in [4.78, 5) is 14.4. The highest BCUT2D eigenvalue weighted by Gasteiger charge is 2.44. The molecular weight excluding hydrogens is 392 g/mol. The fourth-order valence-electron chi connectivity index (χ4n) is 4.07. The van der Waals surface area contributed by atoms with Gasteiger partial charge in [-0.05, 0) is 42.3 Å². The molecule has 2 atom stereocenters. The average molecular weight is 413 g/mol. The molecule has 2 aromatic carbocycles. The quantitative estimate of drug-likeness (QED) is 0.808. The van der Waals surface area contributed by atoms with Gasteiger partial charge in [0.25, 0.3) is 5.91 Å². The van der Waals surface area contributed by atoms with Gasteiger partial charge < -0.3 is 15.1 Å². The third-order valence-corrected chi connectivity index (χ3v) is 5.48. The molecule has 0 aromatic heterocycles. The molecule has 1 fully saturated rings. The van der Waals surface area contributed by atoms with Gasteiger partial charge in [0.15, 0.2) is 11.5 Å². The Kier molecular flexibility index (Phi) is 5.26. The monoisotopic (exact) mass is 413 g/mol. The van der Waals surface area contributed by atoms with E-state index in [0.29, 0.717) is 17.7 Å². The van der Waals surface area contributed by atoms with Crippen LogP contribution in [0, 0.1) is 11.6 Å². The van der Waals surface area contributed by atoms with E-state index in [2.05, 4.69) is 5.10 Å². The first-order valence-electron chi connectivity index (χ1n) is 9.65. The molecule has 6 nitrogen and oxygen atoms in total. The predicted molar refractivity (Wildman–Crippen MR) is 107 cm³/mol. The summed E-state index contributed by atoms with van der Waals surface area (Å²) in [5.74, 6) is -2.39. The van der Waals surface area contributed by atoms with E-state index in [1.807, 2.05) is 0 Å². The van der Waals surface area contributed by atoms with Crippen molar-refractivity contribution in [1.29, 1.82) is 0 Å². The number of halogens is 2. The van der Waals surface area contributed by atoms with Crippen LogP contribution in [0.1, 0.15) is 24.0 Å². The van der Waals surface area contributed by atoms with Crippen molar-refractivity contribution in [3.05, 3.63) is 82.7 Å². The first-order chi connectivity index (χ1) is 14.4. The van der Waals surface area contributed by atoms with Crippen LogP contribution in [0.25, 0.3) is 0 Å². The maximum atomic E-state index is 14.1. The highest BCUT2D eigenvalue weighted by molar-refractivity contribution is 5.96. The Morgan fingerprint density at radius 3 is 2.27 bits per heavy atom. The minimum Gasteiger partial charge on any atom is -0.507 e. The smallest absolute Gasteiger partial charge is 0.275 e. The Labute approximate surface area is 172 Å². The van der Waals surface area contributed by atoms with Crippen LogP contribution >= 0.6 is 0 Å². The summed E-state index contributed by atoms with van der Waals surface area (Å²) < 4.78 is 28.2. The number of fused-ring (bicyclic) bond motifs is 1. The van der Waals surface area contributed by atoms with Gasteiger partial charge in [-0.2, -0.15) is 5.10 Å². The number of aliphatic hydroxyl groups excluding tert-OH is 2. The first kappa shape index (κ1) is 20.0. The number of likely N-dealkylation sites (N-methyl/N-ethyl adjacent to an activating group) is 1. The van der Waals surface area contributed by atoms with E-state index in [1.165, 1.54) is 34.2 Å². The van der Waals surface area contributed by atoms with Crippen molar-refractivity contribution >= 4 is 12.1 Å². The summed E-state index contributed by atoms with van der Waals surface area (Å²) in [7, 11) is 0. The van der Waals surface area contributed by atoms with Gasteiger partial charge in [0.1, 0.15) is 17.7 Å². The van der Waals surface area contributed by atoms with Crippen LogP contribution in [-0.4, -0.2) is 57.5 Å². The Hall–Kier alpha value is -3.26. The van der Waals surface area contributed by atoms with Gasteiger partial charge >= 0.3 is 0 Å². The number of rotatable bonds is 4. The molecule has 0 spiro atoms. The zero-order valence-electron chi connectivity index (χ0n) is 16.2. The molecule has 30 heavy (non-hydrogen) atoms. The molecule has 2 aliphatic rings. The predicted octanol–water partition coefficient (Wildman–Crippen LogP) is 2.76. The number of hydrazone groups is 1. The SMILES string of the molecule is CCN1C[C@H](C(c2cccc(F)c2)c2cccc(F)c2)N2N=CC(O)C(O)=C2C1=O. The number of nitrogens with zero attached hydrogens (tertiary/aromatic N) is 3. The number of carbonyl (C=O) groups is 1. The molecule has 1 amide bonds. The van der Waals surface area contributed by atoms with Crippen LogP contribution in [0.3, 0.4) is 0 Å². The van der Waals surface area contributed by atoms with E-state index in [0.717, 1.165) is 6.21 Å². The van der Waals surface area contributed by atoms with Crippen molar-refractivity contribution in [2.45, 2.75) is 25.0 Å². The van der Waals surface area contributed by atoms with E-state index in [-0.39, 0.29) is 12.2 Å². The standard InChI is InChI=1S/C22H21F2N3O3/c1-2-26-12-17(27-20(22(26)30)21(29)18(28)11-25-27)19(13-5-3-7-15(23)9-13)14-6-4-8-16(24)10-14/h3-11,17-19,28-29H,2,12H2,1H3/t17-,18?/m1/s1. The molecule has 1 unspecified atom stereocenters. The number of benzene rings is 2. The van der Waals surface area contributed by atoms with Crippen molar-refractivity contribution in [3.63, 3.8) is 0 Å². The van der Waals surface area contributed by atoms with E-state index in [9.17, 15) is 23.8 Å². The molecule has 0 aliphatic carbocycles. The number of hydrogen-bond donors (Lipinski definition) is 2. The number of carbonyl (C=O) groups excluding carboxylic acids is 1. The molecule has 0 bridgehead atoms. The van der Waals surface area contributed by atoms with Gasteiger partial charge in [0, 0.05) is 19.0 Å². The molecule has 2 aliphatic heterocycles. The molecule has 4 rings (SSSR count). The molecule has 2 heterocycles. The van der Waals surface area contributed by atoms with E-state index >= 15 is 0 Å². The molecule has 0 radical (unpaired) electrons. The minimum absolute atomic E-state index is 0.124. The maximum absolute atomic E-state index is 14.1. The van der Waals surface area contributed by atoms with Crippen molar-refractivity contribution < 1.29 is 23.8 Å². The van der Waals surface area contributed by atoms with Gasteiger partial charge in [-0.25, -0.2) is 8.78 Å². The number of piperazine rings is 1. The van der Waals surface area contributed by atoms with Crippen molar-refractivity contribution in [2.75, 3.05) is 13.1 Å². The molecule has 2 aromatic rings. The zero-order valence-corrected chi connectivity index (χ0v) is 16.2. The third-order valence-electron chi connectivity index (χ3n) is 5.48. The second-order valence-electron chi connectivity index (χ2n) is 7.29. The topological polar surface area (TPSA) is 76.4 Å².